The van der Waals surface area contributed by atoms with E-state index < -0.39 is 0 Å². The maximum absolute atomic E-state index is 13.9. The van der Waals surface area contributed by atoms with Gasteiger partial charge in [0.15, 0.2) is 0 Å². The van der Waals surface area contributed by atoms with Gasteiger partial charge in [-0.05, 0) is 76.6 Å². The molecule has 0 radical (unpaired) electrons. The van der Waals surface area contributed by atoms with E-state index in [4.69, 9.17) is 0 Å². The Bertz CT molecular complexity index is 1310. The van der Waals surface area contributed by atoms with Crippen molar-refractivity contribution in [3.05, 3.63) is 58.2 Å². The van der Waals surface area contributed by atoms with Crippen LogP contribution in [0.25, 0.3) is 10.4 Å². The highest BCUT2D eigenvalue weighted by Gasteiger charge is 2.54. The van der Waals surface area contributed by atoms with E-state index in [2.05, 4.69) is 15.4 Å². The van der Waals surface area contributed by atoms with Gasteiger partial charge in [0.1, 0.15) is 17.2 Å². The normalized spacial score (nSPS) is 21.2. The smallest absolute Gasteiger partial charge is 0.274 e. The molecule has 1 saturated carbocycles. The highest BCUT2D eigenvalue weighted by molar-refractivity contribution is 7.15. The lowest BCUT2D eigenvalue weighted by Gasteiger charge is -2.28. The summed E-state index contributed by atoms with van der Waals surface area (Å²) in [4.78, 5) is 33.8. The second-order valence-corrected chi connectivity index (χ2v) is 11.8. The fourth-order valence-electron chi connectivity index (χ4n) is 5.06. The molecule has 9 heteroatoms. The van der Waals surface area contributed by atoms with Gasteiger partial charge in [-0.15, -0.1) is 11.3 Å². The summed E-state index contributed by atoms with van der Waals surface area (Å²) in [5, 5.41) is 8.31. The molecule has 2 fully saturated rings. The Kier molecular flexibility index (Phi) is 5.78. The monoisotopic (exact) mass is 495 g/mol. The van der Waals surface area contributed by atoms with E-state index in [1.54, 1.807) is 22.9 Å². The Hall–Kier alpha value is -3.07. The molecule has 1 aromatic carbocycles. The number of hydrogen-bond acceptors (Lipinski definition) is 5. The highest BCUT2D eigenvalue weighted by atomic mass is 32.1. The van der Waals surface area contributed by atoms with Crippen LogP contribution in [0.5, 0.6) is 0 Å². The predicted molar refractivity (Wildman–Crippen MR) is 133 cm³/mol. The third kappa shape index (κ3) is 4.49. The van der Waals surface area contributed by atoms with Crippen LogP contribution in [-0.2, 0) is 5.54 Å². The van der Waals surface area contributed by atoms with Crippen LogP contribution in [0.1, 0.15) is 58.9 Å². The topological polar surface area (TPSA) is 80.1 Å². The molecular weight excluding hydrogens is 465 g/mol. The first-order valence-electron chi connectivity index (χ1n) is 11.9. The molecule has 3 atom stereocenters. The van der Waals surface area contributed by atoms with Gasteiger partial charge in [0.05, 0.1) is 27.2 Å². The van der Waals surface area contributed by atoms with Gasteiger partial charge in [-0.3, -0.25) is 14.3 Å². The molecule has 0 spiro atoms. The molecule has 7 nitrogen and oxygen atoms in total. The van der Waals surface area contributed by atoms with Crippen molar-refractivity contribution in [3.8, 4) is 10.4 Å². The molecule has 0 bridgehead atoms. The lowest BCUT2D eigenvalue weighted by atomic mass is 10.1. The van der Waals surface area contributed by atoms with Crippen LogP contribution in [0.15, 0.2) is 30.3 Å². The molecule has 2 amide bonds. The number of aromatic nitrogens is 3. The van der Waals surface area contributed by atoms with Crippen LogP contribution >= 0.6 is 11.3 Å². The van der Waals surface area contributed by atoms with Gasteiger partial charge in [-0.2, -0.15) is 5.10 Å². The molecule has 1 aliphatic carbocycles. The van der Waals surface area contributed by atoms with E-state index in [-0.39, 0.29) is 29.2 Å². The van der Waals surface area contributed by atoms with Crippen molar-refractivity contribution in [1.29, 1.82) is 0 Å². The minimum absolute atomic E-state index is 0.0917. The average Bonchev–Trinajstić information content (AvgIpc) is 3.10. The summed E-state index contributed by atoms with van der Waals surface area (Å²) in [7, 11) is 0. The van der Waals surface area contributed by atoms with Crippen molar-refractivity contribution in [2.75, 3.05) is 13.1 Å². The van der Waals surface area contributed by atoms with E-state index >= 15 is 0 Å². The first-order valence-corrected chi connectivity index (χ1v) is 12.7. The molecule has 184 valence electrons. The molecule has 2 aromatic heterocycles. The number of carbonyl (C=O) groups excluding carboxylic acids is 2. The molecule has 3 aromatic rings. The zero-order valence-corrected chi connectivity index (χ0v) is 21.4. The van der Waals surface area contributed by atoms with Crippen LogP contribution in [0.4, 0.5) is 4.39 Å². The number of amides is 2. The fraction of sp³-hybridized carbons (Fsp3) is 0.462. The summed E-state index contributed by atoms with van der Waals surface area (Å²) in [6.45, 7) is 10.8. The fourth-order valence-corrected chi connectivity index (χ4v) is 5.97. The van der Waals surface area contributed by atoms with Crippen molar-refractivity contribution >= 4 is 23.2 Å². The number of nitrogens with zero attached hydrogens (tertiary/aromatic N) is 4. The van der Waals surface area contributed by atoms with E-state index in [0.29, 0.717) is 46.8 Å². The Morgan fingerprint density at radius 1 is 1.23 bits per heavy atom. The number of thiazole rings is 1. The summed E-state index contributed by atoms with van der Waals surface area (Å²) in [6.07, 6.45) is 1.07. The summed E-state index contributed by atoms with van der Waals surface area (Å²) >= 11 is 1.39. The minimum atomic E-state index is -0.348. The molecule has 2 aliphatic rings. The molecule has 1 aliphatic heterocycles. The number of likely N-dealkylation sites (tertiary alicyclic amines) is 1. The molecular formula is C26H30FN5O2S. The molecule has 5 rings (SSSR count). The number of piperidine rings is 1. The lowest BCUT2D eigenvalue weighted by molar-refractivity contribution is 0.0689. The quantitative estimate of drug-likeness (QED) is 0.569. The van der Waals surface area contributed by atoms with E-state index in [1.807, 2.05) is 39.5 Å². The summed E-state index contributed by atoms with van der Waals surface area (Å²) < 4.78 is 15.6. The van der Waals surface area contributed by atoms with Crippen LogP contribution in [0.3, 0.4) is 0 Å². The average molecular weight is 496 g/mol. The Morgan fingerprint density at radius 2 is 2.00 bits per heavy atom. The maximum atomic E-state index is 13.9. The van der Waals surface area contributed by atoms with Crippen LogP contribution < -0.4 is 5.32 Å². The molecule has 1 saturated heterocycles. The van der Waals surface area contributed by atoms with Crippen molar-refractivity contribution < 1.29 is 14.0 Å². The SMILES string of the molecule is Cc1cc(C(=O)NC[C@@H]2[C@@H]3C[C@@H]3CN2C(=O)c2nc(C)sc2-c2cccc(F)c2)n(C(C)(C)C)n1. The second kappa shape index (κ2) is 8.55. The van der Waals surface area contributed by atoms with Crippen LogP contribution in [-0.4, -0.2) is 50.6 Å². The van der Waals surface area contributed by atoms with Gasteiger partial charge in [0.2, 0.25) is 0 Å². The number of aryl methyl sites for hydroxylation is 2. The molecule has 3 heterocycles. The minimum Gasteiger partial charge on any atom is -0.349 e. The van der Waals surface area contributed by atoms with Gasteiger partial charge in [-0.1, -0.05) is 12.1 Å². The van der Waals surface area contributed by atoms with Crippen molar-refractivity contribution in [2.45, 2.75) is 52.6 Å². The summed E-state index contributed by atoms with van der Waals surface area (Å²) in [5.41, 5.74) is 1.99. The molecule has 35 heavy (non-hydrogen) atoms. The van der Waals surface area contributed by atoms with Gasteiger partial charge >= 0.3 is 0 Å². The highest BCUT2D eigenvalue weighted by Crippen LogP contribution is 2.50. The number of rotatable bonds is 5. The van der Waals surface area contributed by atoms with Crippen LogP contribution in [0.2, 0.25) is 0 Å². The van der Waals surface area contributed by atoms with E-state index in [0.717, 1.165) is 17.1 Å². The molecule has 1 N–H and O–H groups in total. The number of benzene rings is 1. The number of hydrogen-bond donors (Lipinski definition) is 1. The van der Waals surface area contributed by atoms with Gasteiger partial charge < -0.3 is 10.2 Å². The standard InChI is InChI=1S/C26H30FN5O2S/c1-14-9-20(32(30-14)26(3,4)5)24(33)28-12-21-19-11-17(19)13-31(21)25(34)22-23(35-15(2)29-22)16-7-6-8-18(27)10-16/h6-10,17,19,21H,11-13H2,1-5H3,(H,28,33)/t17-,19-,21-/m1/s1. The van der Waals surface area contributed by atoms with Gasteiger partial charge in [-0.25, -0.2) is 9.37 Å². The maximum Gasteiger partial charge on any atom is 0.274 e. The number of nitrogens with one attached hydrogen (secondary N) is 1. The Balaban J connectivity index is 1.36. The number of fused-ring (bicyclic) bond motifs is 1. The zero-order chi connectivity index (χ0) is 25.1. The Morgan fingerprint density at radius 3 is 2.71 bits per heavy atom. The third-order valence-corrected chi connectivity index (χ3v) is 7.78. The first kappa shape index (κ1) is 23.7. The third-order valence-electron chi connectivity index (χ3n) is 6.76. The first-order chi connectivity index (χ1) is 16.5. The van der Waals surface area contributed by atoms with Crippen LogP contribution in [0, 0.1) is 31.5 Å². The number of halogens is 1. The van der Waals surface area contributed by atoms with E-state index in [9.17, 15) is 14.0 Å². The second-order valence-electron chi connectivity index (χ2n) is 10.6. The Labute approximate surface area is 208 Å². The van der Waals surface area contributed by atoms with E-state index in [1.165, 1.54) is 23.5 Å². The predicted octanol–water partition coefficient (Wildman–Crippen LogP) is 4.41. The largest absolute Gasteiger partial charge is 0.349 e. The van der Waals surface area contributed by atoms with Crippen molar-refractivity contribution in [3.63, 3.8) is 0 Å². The summed E-state index contributed by atoms with van der Waals surface area (Å²) in [5.74, 6) is 0.142. The summed E-state index contributed by atoms with van der Waals surface area (Å²) in [6, 6.07) is 7.96. The van der Waals surface area contributed by atoms with Crippen molar-refractivity contribution in [1.82, 2.24) is 25.0 Å². The number of carbonyl (C=O) groups is 2. The van der Waals surface area contributed by atoms with Gasteiger partial charge in [0.25, 0.3) is 11.8 Å². The molecule has 0 unspecified atom stereocenters. The lowest BCUT2D eigenvalue weighted by Crippen LogP contribution is -2.46. The van der Waals surface area contributed by atoms with Gasteiger partial charge in [0, 0.05) is 13.1 Å². The zero-order valence-electron chi connectivity index (χ0n) is 20.6. The van der Waals surface area contributed by atoms with Crippen molar-refractivity contribution in [2.24, 2.45) is 11.8 Å².